The van der Waals surface area contributed by atoms with Crippen LogP contribution in [-0.4, -0.2) is 36.4 Å². The molecule has 9 heteroatoms. The summed E-state index contributed by atoms with van der Waals surface area (Å²) >= 11 is 0. The SMILES string of the molecule is COc1cccc([C@H](Nc2ncnc3c2cnn3-c2ccc(F)cc2)c2nccn2C)c1. The molecule has 1 N–H and O–H groups in total. The first-order chi connectivity index (χ1) is 15.6. The van der Waals surface area contributed by atoms with Gasteiger partial charge in [0, 0.05) is 19.4 Å². The Morgan fingerprint density at radius 1 is 1.06 bits per heavy atom. The van der Waals surface area contributed by atoms with Gasteiger partial charge in [0.25, 0.3) is 0 Å². The fourth-order valence-corrected chi connectivity index (χ4v) is 3.64. The number of aryl methyl sites for hydroxylation is 1. The van der Waals surface area contributed by atoms with Crippen LogP contribution in [0.1, 0.15) is 17.4 Å². The Hall–Kier alpha value is -4.27. The lowest BCUT2D eigenvalue weighted by molar-refractivity contribution is 0.414. The smallest absolute Gasteiger partial charge is 0.168 e. The average molecular weight is 429 g/mol. The number of imidazole rings is 1. The highest BCUT2D eigenvalue weighted by atomic mass is 19.1. The molecule has 5 rings (SSSR count). The number of aromatic nitrogens is 6. The molecule has 0 bridgehead atoms. The maximum absolute atomic E-state index is 13.4. The Kier molecular flexibility index (Phi) is 4.98. The van der Waals surface area contributed by atoms with Gasteiger partial charge in [-0.05, 0) is 42.0 Å². The van der Waals surface area contributed by atoms with Crippen LogP contribution < -0.4 is 10.1 Å². The molecule has 0 fully saturated rings. The summed E-state index contributed by atoms with van der Waals surface area (Å²) < 4.78 is 22.4. The molecule has 160 valence electrons. The van der Waals surface area contributed by atoms with Crippen molar-refractivity contribution in [2.24, 2.45) is 7.05 Å². The van der Waals surface area contributed by atoms with Gasteiger partial charge in [0.2, 0.25) is 0 Å². The van der Waals surface area contributed by atoms with Crippen molar-refractivity contribution in [3.05, 3.63) is 90.7 Å². The number of hydrogen-bond acceptors (Lipinski definition) is 6. The molecule has 2 aromatic carbocycles. The first-order valence-corrected chi connectivity index (χ1v) is 9.96. The van der Waals surface area contributed by atoms with Gasteiger partial charge in [-0.15, -0.1) is 0 Å². The lowest BCUT2D eigenvalue weighted by atomic mass is 10.1. The molecule has 3 aromatic heterocycles. The van der Waals surface area contributed by atoms with Gasteiger partial charge in [0.1, 0.15) is 35.6 Å². The monoisotopic (exact) mass is 429 g/mol. The molecular weight excluding hydrogens is 409 g/mol. The van der Waals surface area contributed by atoms with Crippen LogP contribution in [-0.2, 0) is 7.05 Å². The first-order valence-electron chi connectivity index (χ1n) is 9.96. The largest absolute Gasteiger partial charge is 0.497 e. The van der Waals surface area contributed by atoms with E-state index in [4.69, 9.17) is 4.74 Å². The quantitative estimate of drug-likeness (QED) is 0.441. The molecule has 1 atom stereocenters. The normalized spacial score (nSPS) is 12.1. The summed E-state index contributed by atoms with van der Waals surface area (Å²) in [6.07, 6.45) is 6.83. The third kappa shape index (κ3) is 3.53. The van der Waals surface area contributed by atoms with Gasteiger partial charge in [-0.1, -0.05) is 12.1 Å². The molecule has 0 aliphatic heterocycles. The number of halogens is 1. The van der Waals surface area contributed by atoms with Crippen LogP contribution in [0.3, 0.4) is 0 Å². The Morgan fingerprint density at radius 2 is 1.91 bits per heavy atom. The Balaban J connectivity index is 1.59. The van der Waals surface area contributed by atoms with Gasteiger partial charge in [-0.25, -0.2) is 24.0 Å². The van der Waals surface area contributed by atoms with Gasteiger partial charge in [0.15, 0.2) is 5.65 Å². The third-order valence-corrected chi connectivity index (χ3v) is 5.26. The summed E-state index contributed by atoms with van der Waals surface area (Å²) in [5, 5.41) is 8.69. The number of rotatable bonds is 6. The van der Waals surface area contributed by atoms with E-state index in [1.165, 1.54) is 18.5 Å². The molecule has 0 unspecified atom stereocenters. The molecule has 0 aliphatic rings. The standard InChI is InChI=1S/C23H20FN7O/c1-30-11-10-25-23(30)20(15-4-3-5-18(12-15)32-2)29-21-19-13-28-31(22(19)27-14-26-21)17-8-6-16(24)7-9-17/h3-14,20H,1-2H3,(H,26,27,29)/t20-/m0/s1. The van der Waals surface area contributed by atoms with E-state index in [0.717, 1.165) is 22.5 Å². The molecule has 0 saturated heterocycles. The second kappa shape index (κ2) is 8.10. The molecule has 3 heterocycles. The van der Waals surface area contributed by atoms with E-state index in [0.29, 0.717) is 17.2 Å². The molecular formula is C23H20FN7O. The number of nitrogens with zero attached hydrogens (tertiary/aromatic N) is 6. The van der Waals surface area contributed by atoms with Crippen LogP contribution >= 0.6 is 0 Å². The van der Waals surface area contributed by atoms with Crippen LogP contribution in [0.4, 0.5) is 10.2 Å². The van der Waals surface area contributed by atoms with Crippen LogP contribution in [0.2, 0.25) is 0 Å². The van der Waals surface area contributed by atoms with E-state index in [9.17, 15) is 4.39 Å². The lowest BCUT2D eigenvalue weighted by Gasteiger charge is -2.20. The maximum Gasteiger partial charge on any atom is 0.168 e. The summed E-state index contributed by atoms with van der Waals surface area (Å²) in [6.45, 7) is 0. The van der Waals surface area contributed by atoms with Crippen molar-refractivity contribution in [2.45, 2.75) is 6.04 Å². The summed E-state index contributed by atoms with van der Waals surface area (Å²) in [4.78, 5) is 13.4. The van der Waals surface area contributed by atoms with Gasteiger partial charge in [-0.2, -0.15) is 5.10 Å². The van der Waals surface area contributed by atoms with Crippen LogP contribution in [0, 0.1) is 5.82 Å². The summed E-state index contributed by atoms with van der Waals surface area (Å²) in [5.41, 5.74) is 2.29. The lowest BCUT2D eigenvalue weighted by Crippen LogP contribution is -2.17. The highest BCUT2D eigenvalue weighted by Gasteiger charge is 2.21. The number of fused-ring (bicyclic) bond motifs is 1. The van der Waals surface area contributed by atoms with E-state index >= 15 is 0 Å². The van der Waals surface area contributed by atoms with Crippen molar-refractivity contribution in [3.63, 3.8) is 0 Å². The van der Waals surface area contributed by atoms with E-state index in [-0.39, 0.29) is 11.9 Å². The van der Waals surface area contributed by atoms with E-state index < -0.39 is 0 Å². The Morgan fingerprint density at radius 3 is 2.66 bits per heavy atom. The highest BCUT2D eigenvalue weighted by Crippen LogP contribution is 2.30. The number of anilines is 1. The highest BCUT2D eigenvalue weighted by molar-refractivity contribution is 5.87. The maximum atomic E-state index is 13.4. The minimum atomic E-state index is -0.307. The fourth-order valence-electron chi connectivity index (χ4n) is 3.64. The number of benzene rings is 2. The van der Waals surface area contributed by atoms with Crippen molar-refractivity contribution in [1.29, 1.82) is 0 Å². The van der Waals surface area contributed by atoms with Crippen molar-refractivity contribution >= 4 is 16.9 Å². The topological polar surface area (TPSA) is 82.7 Å². The second-order valence-corrected chi connectivity index (χ2v) is 7.24. The van der Waals surface area contributed by atoms with Crippen LogP contribution in [0.25, 0.3) is 16.7 Å². The second-order valence-electron chi connectivity index (χ2n) is 7.24. The minimum absolute atomic E-state index is 0.294. The van der Waals surface area contributed by atoms with Crippen LogP contribution in [0.15, 0.2) is 73.4 Å². The molecule has 0 aliphatic carbocycles. The van der Waals surface area contributed by atoms with Crippen molar-refractivity contribution < 1.29 is 9.13 Å². The van der Waals surface area contributed by atoms with Crippen molar-refractivity contribution in [1.82, 2.24) is 29.3 Å². The Labute approximate surface area is 183 Å². The minimum Gasteiger partial charge on any atom is -0.497 e. The number of ether oxygens (including phenoxy) is 1. The zero-order valence-corrected chi connectivity index (χ0v) is 17.5. The molecule has 8 nitrogen and oxygen atoms in total. The summed E-state index contributed by atoms with van der Waals surface area (Å²) in [6, 6.07) is 13.6. The molecule has 5 aromatic rings. The van der Waals surface area contributed by atoms with Gasteiger partial charge < -0.3 is 14.6 Å². The molecule has 32 heavy (non-hydrogen) atoms. The molecule has 0 radical (unpaired) electrons. The summed E-state index contributed by atoms with van der Waals surface area (Å²) in [5.74, 6) is 1.87. The summed E-state index contributed by atoms with van der Waals surface area (Å²) in [7, 11) is 3.58. The number of hydrogen-bond donors (Lipinski definition) is 1. The zero-order valence-electron chi connectivity index (χ0n) is 17.5. The number of nitrogens with one attached hydrogen (secondary N) is 1. The first kappa shape index (κ1) is 19.7. The van der Waals surface area contributed by atoms with Gasteiger partial charge in [-0.3, -0.25) is 0 Å². The predicted octanol–water partition coefficient (Wildman–Crippen LogP) is 3.90. The molecule has 0 amide bonds. The average Bonchev–Trinajstić information content (AvgIpc) is 3.45. The van der Waals surface area contributed by atoms with Gasteiger partial charge >= 0.3 is 0 Å². The van der Waals surface area contributed by atoms with Crippen molar-refractivity contribution in [2.75, 3.05) is 12.4 Å². The third-order valence-electron chi connectivity index (χ3n) is 5.26. The van der Waals surface area contributed by atoms with Crippen molar-refractivity contribution in [3.8, 4) is 11.4 Å². The van der Waals surface area contributed by atoms with Gasteiger partial charge in [0.05, 0.1) is 24.4 Å². The van der Waals surface area contributed by atoms with E-state index in [1.807, 2.05) is 42.1 Å². The van der Waals surface area contributed by atoms with E-state index in [2.05, 4.69) is 25.4 Å². The molecule has 0 saturated carbocycles. The molecule has 0 spiro atoms. The number of methoxy groups -OCH3 is 1. The fraction of sp³-hybridized carbons (Fsp3) is 0.130. The van der Waals surface area contributed by atoms with E-state index in [1.54, 1.807) is 36.3 Å². The Bertz CT molecular complexity index is 1380. The zero-order chi connectivity index (χ0) is 22.1. The van der Waals surface area contributed by atoms with Crippen LogP contribution in [0.5, 0.6) is 5.75 Å². The predicted molar refractivity (Wildman–Crippen MR) is 118 cm³/mol.